The molecule has 0 saturated heterocycles. The molecular formula is C13H12ClNO5. The molecular weight excluding hydrogens is 286 g/mol. The number of carbonyl (C=O) groups is 1. The van der Waals surface area contributed by atoms with E-state index in [1.54, 1.807) is 12.1 Å². The summed E-state index contributed by atoms with van der Waals surface area (Å²) in [5.41, 5.74) is 0.542. The highest BCUT2D eigenvalue weighted by molar-refractivity contribution is 6.32. The minimum Gasteiger partial charge on any atom is -0.495 e. The van der Waals surface area contributed by atoms with Crippen LogP contribution in [-0.2, 0) is 0 Å². The number of nitrogens with one attached hydrogen (secondary N) is 1. The first kappa shape index (κ1) is 14.1. The molecule has 0 radical (unpaired) electrons. The van der Waals surface area contributed by atoms with E-state index in [0.717, 1.165) is 0 Å². The molecule has 106 valence electrons. The van der Waals surface area contributed by atoms with Crippen LogP contribution >= 0.6 is 11.6 Å². The van der Waals surface area contributed by atoms with Crippen LogP contribution in [0.5, 0.6) is 11.5 Å². The Morgan fingerprint density at radius 1 is 1.25 bits per heavy atom. The lowest BCUT2D eigenvalue weighted by molar-refractivity contribution is 0.0663. The van der Waals surface area contributed by atoms with Crippen LogP contribution in [0.1, 0.15) is 10.6 Å². The summed E-state index contributed by atoms with van der Waals surface area (Å²) < 4.78 is 15.4. The summed E-state index contributed by atoms with van der Waals surface area (Å²) >= 11 is 5.99. The molecule has 2 aromatic rings. The van der Waals surface area contributed by atoms with Crippen LogP contribution in [-0.4, -0.2) is 25.3 Å². The Hall–Kier alpha value is -2.34. The standard InChI is InChI=1S/C13H12ClNO5/c1-18-10-6-8(11(19-2)5-7(10)14)15-12-4-3-9(20-12)13(16)17/h3-6,15H,1-2H3,(H,16,17). The monoisotopic (exact) mass is 297 g/mol. The van der Waals surface area contributed by atoms with E-state index in [1.165, 1.54) is 26.4 Å². The van der Waals surface area contributed by atoms with Gasteiger partial charge in [0.15, 0.2) is 5.88 Å². The van der Waals surface area contributed by atoms with Gasteiger partial charge in [0.25, 0.3) is 0 Å². The predicted octanol–water partition coefficient (Wildman–Crippen LogP) is 3.39. The maximum absolute atomic E-state index is 10.8. The van der Waals surface area contributed by atoms with Gasteiger partial charge >= 0.3 is 5.97 Å². The molecule has 0 aliphatic rings. The van der Waals surface area contributed by atoms with Gasteiger partial charge in [-0.05, 0) is 6.07 Å². The van der Waals surface area contributed by atoms with Crippen molar-refractivity contribution in [2.45, 2.75) is 0 Å². The number of benzene rings is 1. The molecule has 2 N–H and O–H groups in total. The lowest BCUT2D eigenvalue weighted by Crippen LogP contribution is -1.96. The molecule has 0 atom stereocenters. The van der Waals surface area contributed by atoms with Crippen molar-refractivity contribution in [3.8, 4) is 11.5 Å². The number of halogens is 1. The molecule has 0 fully saturated rings. The molecule has 0 bridgehead atoms. The van der Waals surface area contributed by atoms with Crippen LogP contribution < -0.4 is 14.8 Å². The second kappa shape index (κ2) is 5.75. The molecule has 0 spiro atoms. The molecule has 0 aliphatic heterocycles. The SMILES string of the molecule is COc1cc(Nc2ccc(C(=O)O)o2)c(OC)cc1Cl. The number of methoxy groups -OCH3 is 2. The van der Waals surface area contributed by atoms with Gasteiger partial charge in [-0.15, -0.1) is 0 Å². The first-order chi connectivity index (χ1) is 9.55. The molecule has 0 amide bonds. The van der Waals surface area contributed by atoms with E-state index in [2.05, 4.69) is 5.32 Å². The highest BCUT2D eigenvalue weighted by Gasteiger charge is 2.13. The van der Waals surface area contributed by atoms with Crippen molar-refractivity contribution in [1.82, 2.24) is 0 Å². The van der Waals surface area contributed by atoms with Crippen molar-refractivity contribution in [2.24, 2.45) is 0 Å². The molecule has 1 aromatic carbocycles. The number of anilines is 2. The van der Waals surface area contributed by atoms with Gasteiger partial charge in [-0.25, -0.2) is 4.79 Å². The van der Waals surface area contributed by atoms with Crippen LogP contribution in [0.4, 0.5) is 11.6 Å². The summed E-state index contributed by atoms with van der Waals surface area (Å²) in [6.45, 7) is 0. The van der Waals surface area contributed by atoms with Gasteiger partial charge in [-0.1, -0.05) is 11.6 Å². The van der Waals surface area contributed by atoms with Crippen LogP contribution in [0.15, 0.2) is 28.7 Å². The van der Waals surface area contributed by atoms with Gasteiger partial charge in [0, 0.05) is 18.2 Å². The summed E-state index contributed by atoms with van der Waals surface area (Å²) in [6.07, 6.45) is 0. The zero-order chi connectivity index (χ0) is 14.7. The van der Waals surface area contributed by atoms with Crippen LogP contribution in [0, 0.1) is 0 Å². The largest absolute Gasteiger partial charge is 0.495 e. The molecule has 0 aliphatic carbocycles. The van der Waals surface area contributed by atoms with E-state index in [-0.39, 0.29) is 11.6 Å². The smallest absolute Gasteiger partial charge is 0.371 e. The third-order valence-electron chi connectivity index (χ3n) is 2.55. The molecule has 1 aromatic heterocycles. The van der Waals surface area contributed by atoms with E-state index >= 15 is 0 Å². The number of aromatic carboxylic acids is 1. The number of furan rings is 1. The van der Waals surface area contributed by atoms with Crippen LogP contribution in [0.3, 0.4) is 0 Å². The zero-order valence-electron chi connectivity index (χ0n) is 10.8. The minimum atomic E-state index is -1.14. The molecule has 20 heavy (non-hydrogen) atoms. The number of carboxylic acids is 1. The molecule has 0 unspecified atom stereocenters. The summed E-state index contributed by atoms with van der Waals surface area (Å²) in [7, 11) is 2.99. The van der Waals surface area contributed by atoms with Gasteiger partial charge in [0.05, 0.1) is 24.9 Å². The fourth-order valence-electron chi connectivity index (χ4n) is 1.61. The summed E-state index contributed by atoms with van der Waals surface area (Å²) in [6, 6.07) is 6.07. The van der Waals surface area contributed by atoms with Gasteiger partial charge in [0.1, 0.15) is 11.5 Å². The van der Waals surface area contributed by atoms with Crippen molar-refractivity contribution in [3.05, 3.63) is 35.0 Å². The minimum absolute atomic E-state index is 0.160. The molecule has 2 rings (SSSR count). The second-order valence-electron chi connectivity index (χ2n) is 3.78. The van der Waals surface area contributed by atoms with E-state index in [4.69, 9.17) is 30.6 Å². The normalized spacial score (nSPS) is 10.2. The highest BCUT2D eigenvalue weighted by Crippen LogP contribution is 2.37. The Kier molecular flexibility index (Phi) is 4.05. The van der Waals surface area contributed by atoms with Gasteiger partial charge in [0.2, 0.25) is 5.76 Å². The summed E-state index contributed by atoms with van der Waals surface area (Å²) in [5, 5.41) is 12.1. The number of hydrogen-bond donors (Lipinski definition) is 2. The maximum Gasteiger partial charge on any atom is 0.371 e. The Balaban J connectivity index is 2.33. The fourth-order valence-corrected chi connectivity index (χ4v) is 1.84. The third-order valence-corrected chi connectivity index (χ3v) is 2.84. The van der Waals surface area contributed by atoms with E-state index in [1.807, 2.05) is 0 Å². The molecule has 0 saturated carbocycles. The quantitative estimate of drug-likeness (QED) is 0.880. The van der Waals surface area contributed by atoms with Crippen molar-refractivity contribution in [3.63, 3.8) is 0 Å². The highest BCUT2D eigenvalue weighted by atomic mass is 35.5. The number of carboxylic acid groups (broad SMARTS) is 1. The maximum atomic E-state index is 10.8. The Morgan fingerprint density at radius 2 is 1.95 bits per heavy atom. The number of ether oxygens (including phenoxy) is 2. The zero-order valence-corrected chi connectivity index (χ0v) is 11.5. The van der Waals surface area contributed by atoms with Crippen molar-refractivity contribution < 1.29 is 23.8 Å². The van der Waals surface area contributed by atoms with E-state index in [0.29, 0.717) is 22.2 Å². The van der Waals surface area contributed by atoms with E-state index < -0.39 is 5.97 Å². The van der Waals surface area contributed by atoms with Crippen molar-refractivity contribution >= 4 is 29.1 Å². The molecule has 6 nitrogen and oxygen atoms in total. The Bertz CT molecular complexity index is 638. The average molecular weight is 298 g/mol. The van der Waals surface area contributed by atoms with Gasteiger partial charge < -0.3 is 24.3 Å². The Morgan fingerprint density at radius 3 is 2.50 bits per heavy atom. The third kappa shape index (κ3) is 2.80. The van der Waals surface area contributed by atoms with Crippen LogP contribution in [0.25, 0.3) is 0 Å². The summed E-state index contributed by atoms with van der Waals surface area (Å²) in [4.78, 5) is 10.8. The average Bonchev–Trinajstić information content (AvgIpc) is 2.89. The second-order valence-corrected chi connectivity index (χ2v) is 4.19. The van der Waals surface area contributed by atoms with Gasteiger partial charge in [-0.2, -0.15) is 0 Å². The first-order valence-electron chi connectivity index (χ1n) is 5.57. The number of hydrogen-bond acceptors (Lipinski definition) is 5. The van der Waals surface area contributed by atoms with Crippen molar-refractivity contribution in [2.75, 3.05) is 19.5 Å². The number of rotatable bonds is 5. The fraction of sp³-hybridized carbons (Fsp3) is 0.154. The summed E-state index contributed by atoms with van der Waals surface area (Å²) in [5.74, 6) is -0.0970. The molecule has 1 heterocycles. The van der Waals surface area contributed by atoms with Crippen molar-refractivity contribution in [1.29, 1.82) is 0 Å². The predicted molar refractivity (Wildman–Crippen MR) is 73.5 cm³/mol. The topological polar surface area (TPSA) is 80.9 Å². The Labute approximate surface area is 119 Å². The lowest BCUT2D eigenvalue weighted by atomic mass is 10.2. The molecule has 7 heteroatoms. The first-order valence-corrected chi connectivity index (χ1v) is 5.94. The lowest BCUT2D eigenvalue weighted by Gasteiger charge is -2.12. The van der Waals surface area contributed by atoms with Crippen LogP contribution in [0.2, 0.25) is 5.02 Å². The van der Waals surface area contributed by atoms with Gasteiger partial charge in [-0.3, -0.25) is 0 Å². The van der Waals surface area contributed by atoms with E-state index in [9.17, 15) is 4.79 Å².